The fourth-order valence-electron chi connectivity index (χ4n) is 2.89. The van der Waals surface area contributed by atoms with E-state index in [-0.39, 0.29) is 36.1 Å². The summed E-state index contributed by atoms with van der Waals surface area (Å²) in [5, 5.41) is 0. The number of rotatable bonds is 5. The minimum atomic E-state index is -4.97. The summed E-state index contributed by atoms with van der Waals surface area (Å²) in [6.45, 7) is 0.688. The number of H-pyrrole nitrogens is 1. The standard InChI is InChI=1S/C15H16F3N3O6S3/c1-10-13(28-14(22)19-10)30(25,26)21-7-5-20(6-8-21)29(23,24)12-4-2-3-11(9-12)27-15(16,17)18/h2-4,9H,5-8H2,1H3,(H,19,22). The first-order chi connectivity index (χ1) is 13.8. The molecule has 30 heavy (non-hydrogen) atoms. The average molecular weight is 488 g/mol. The van der Waals surface area contributed by atoms with Crippen LogP contribution < -0.4 is 9.61 Å². The number of piperazine rings is 1. The largest absolute Gasteiger partial charge is 0.573 e. The monoisotopic (exact) mass is 487 g/mol. The molecule has 1 aromatic heterocycles. The number of hydrogen-bond acceptors (Lipinski definition) is 7. The van der Waals surface area contributed by atoms with Crippen LogP contribution in [-0.4, -0.2) is 63.0 Å². The number of aromatic nitrogens is 1. The summed E-state index contributed by atoms with van der Waals surface area (Å²) in [6.07, 6.45) is -4.97. The number of nitrogens with one attached hydrogen (secondary N) is 1. The van der Waals surface area contributed by atoms with Gasteiger partial charge in [-0.15, -0.1) is 13.2 Å². The van der Waals surface area contributed by atoms with Gasteiger partial charge in [0.2, 0.25) is 10.0 Å². The second-order valence-electron chi connectivity index (χ2n) is 6.26. The first-order valence-corrected chi connectivity index (χ1v) is 12.1. The van der Waals surface area contributed by atoms with Crippen molar-refractivity contribution in [3.8, 4) is 5.75 Å². The Hall–Kier alpha value is -1.94. The second-order valence-corrected chi connectivity index (χ2v) is 11.3. The molecule has 1 N–H and O–H groups in total. The van der Waals surface area contributed by atoms with Crippen molar-refractivity contribution in [3.63, 3.8) is 0 Å². The highest BCUT2D eigenvalue weighted by Crippen LogP contribution is 2.28. The van der Waals surface area contributed by atoms with Crippen LogP contribution in [0.1, 0.15) is 5.69 Å². The molecule has 1 aliphatic heterocycles. The van der Waals surface area contributed by atoms with Crippen LogP contribution in [0.2, 0.25) is 0 Å². The summed E-state index contributed by atoms with van der Waals surface area (Å²) in [7, 11) is -8.15. The number of ether oxygens (including phenoxy) is 1. The molecule has 2 aromatic rings. The molecule has 1 aliphatic rings. The number of benzene rings is 1. The molecule has 9 nitrogen and oxygen atoms in total. The molecule has 0 aliphatic carbocycles. The lowest BCUT2D eigenvalue weighted by Crippen LogP contribution is -2.50. The van der Waals surface area contributed by atoms with Crippen LogP contribution in [0.15, 0.2) is 38.2 Å². The average Bonchev–Trinajstić information content (AvgIpc) is 2.99. The van der Waals surface area contributed by atoms with Gasteiger partial charge in [0.1, 0.15) is 5.75 Å². The van der Waals surface area contributed by atoms with Crippen LogP contribution in [0, 0.1) is 6.92 Å². The van der Waals surface area contributed by atoms with Crippen LogP contribution in [-0.2, 0) is 20.0 Å². The predicted octanol–water partition coefficient (Wildman–Crippen LogP) is 1.34. The van der Waals surface area contributed by atoms with Gasteiger partial charge in [0, 0.05) is 37.9 Å². The maximum Gasteiger partial charge on any atom is 0.573 e. The van der Waals surface area contributed by atoms with Crippen molar-refractivity contribution in [2.45, 2.75) is 22.4 Å². The molecule has 0 unspecified atom stereocenters. The number of hydrogen-bond donors (Lipinski definition) is 1. The van der Waals surface area contributed by atoms with Gasteiger partial charge >= 0.3 is 11.2 Å². The second kappa shape index (κ2) is 7.96. The van der Waals surface area contributed by atoms with E-state index in [9.17, 15) is 34.8 Å². The highest BCUT2D eigenvalue weighted by molar-refractivity contribution is 7.91. The van der Waals surface area contributed by atoms with E-state index in [4.69, 9.17) is 0 Å². The topological polar surface area (TPSA) is 117 Å². The van der Waals surface area contributed by atoms with Crippen molar-refractivity contribution in [1.82, 2.24) is 13.6 Å². The Balaban J connectivity index is 1.77. The van der Waals surface area contributed by atoms with E-state index in [1.54, 1.807) is 0 Å². The van der Waals surface area contributed by atoms with Gasteiger partial charge in [-0.25, -0.2) is 16.8 Å². The Morgan fingerprint density at radius 1 is 1.03 bits per heavy atom. The third-order valence-corrected chi connectivity index (χ3v) is 9.61. The van der Waals surface area contributed by atoms with Crippen LogP contribution in [0.3, 0.4) is 0 Å². The summed E-state index contributed by atoms with van der Waals surface area (Å²) in [4.78, 5) is 12.9. The fraction of sp³-hybridized carbons (Fsp3) is 0.400. The molecular weight excluding hydrogens is 471 g/mol. The van der Waals surface area contributed by atoms with E-state index in [0.29, 0.717) is 11.3 Å². The third kappa shape index (κ3) is 4.69. The summed E-state index contributed by atoms with van der Waals surface area (Å²) in [5.74, 6) is -0.678. The number of thiazole rings is 1. The SMILES string of the molecule is Cc1[nH]c(=O)sc1S(=O)(=O)N1CCN(S(=O)(=O)c2cccc(OC(F)(F)F)c2)CC1. The van der Waals surface area contributed by atoms with Crippen molar-refractivity contribution in [2.24, 2.45) is 0 Å². The highest BCUT2D eigenvalue weighted by Gasteiger charge is 2.36. The zero-order valence-electron chi connectivity index (χ0n) is 15.3. The van der Waals surface area contributed by atoms with Gasteiger partial charge in [-0.1, -0.05) is 17.4 Å². The molecule has 3 rings (SSSR count). The highest BCUT2D eigenvalue weighted by atomic mass is 32.2. The predicted molar refractivity (Wildman–Crippen MR) is 100 cm³/mol. The summed E-state index contributed by atoms with van der Waals surface area (Å²) in [6, 6.07) is 3.97. The van der Waals surface area contributed by atoms with Crippen molar-refractivity contribution < 1.29 is 34.7 Å². The number of nitrogens with zero attached hydrogens (tertiary/aromatic N) is 2. The van der Waals surface area contributed by atoms with E-state index in [0.717, 1.165) is 32.9 Å². The normalized spacial score (nSPS) is 17.2. The molecule has 0 radical (unpaired) electrons. The van der Waals surface area contributed by atoms with Crippen molar-refractivity contribution in [1.29, 1.82) is 0 Å². The molecular formula is C15H16F3N3O6S3. The van der Waals surface area contributed by atoms with Gasteiger partial charge in [0.15, 0.2) is 4.21 Å². The molecule has 0 atom stereocenters. The summed E-state index contributed by atoms with van der Waals surface area (Å²) in [5.41, 5.74) is 0.196. The number of sulfonamides is 2. The Kier molecular flexibility index (Phi) is 6.03. The third-order valence-electron chi connectivity index (χ3n) is 4.23. The van der Waals surface area contributed by atoms with Gasteiger partial charge in [-0.3, -0.25) is 4.79 Å². The fourth-order valence-corrected chi connectivity index (χ4v) is 7.20. The van der Waals surface area contributed by atoms with E-state index in [1.807, 2.05) is 0 Å². The van der Waals surface area contributed by atoms with Gasteiger partial charge in [-0.2, -0.15) is 8.61 Å². The van der Waals surface area contributed by atoms with Gasteiger partial charge in [0.25, 0.3) is 10.0 Å². The van der Waals surface area contributed by atoms with E-state index >= 15 is 0 Å². The Labute approximate surface area is 173 Å². The number of alkyl halides is 3. The van der Waals surface area contributed by atoms with Crippen molar-refractivity contribution in [3.05, 3.63) is 39.6 Å². The minimum Gasteiger partial charge on any atom is -0.406 e. The molecule has 0 saturated carbocycles. The molecule has 0 spiro atoms. The maximum atomic E-state index is 12.8. The number of aryl methyl sites for hydroxylation is 1. The smallest absolute Gasteiger partial charge is 0.406 e. The molecule has 1 saturated heterocycles. The summed E-state index contributed by atoms with van der Waals surface area (Å²) >= 11 is 0.546. The van der Waals surface area contributed by atoms with Crippen molar-refractivity contribution >= 4 is 31.4 Å². The van der Waals surface area contributed by atoms with Crippen LogP contribution in [0.4, 0.5) is 13.2 Å². The molecule has 1 aromatic carbocycles. The van der Waals surface area contributed by atoms with Crippen molar-refractivity contribution in [2.75, 3.05) is 26.2 Å². The molecule has 0 amide bonds. The van der Waals surface area contributed by atoms with E-state index in [1.165, 1.54) is 6.92 Å². The Morgan fingerprint density at radius 3 is 2.10 bits per heavy atom. The lowest BCUT2D eigenvalue weighted by Gasteiger charge is -2.33. The van der Waals surface area contributed by atoms with Gasteiger partial charge < -0.3 is 9.72 Å². The quantitative estimate of drug-likeness (QED) is 0.680. The first kappa shape index (κ1) is 22.7. The van der Waals surface area contributed by atoms with Crippen LogP contribution >= 0.6 is 11.3 Å². The zero-order chi connectivity index (χ0) is 22.3. The van der Waals surface area contributed by atoms with Gasteiger partial charge in [-0.05, 0) is 19.1 Å². The molecule has 2 heterocycles. The molecule has 166 valence electrons. The lowest BCUT2D eigenvalue weighted by molar-refractivity contribution is -0.274. The van der Waals surface area contributed by atoms with Crippen LogP contribution in [0.25, 0.3) is 0 Å². The molecule has 15 heteroatoms. The summed E-state index contributed by atoms with van der Waals surface area (Å²) < 4.78 is 93.8. The number of halogens is 3. The van der Waals surface area contributed by atoms with E-state index in [2.05, 4.69) is 9.72 Å². The Bertz CT molecular complexity index is 1200. The number of aromatic amines is 1. The Morgan fingerprint density at radius 2 is 1.60 bits per heavy atom. The molecule has 1 fully saturated rings. The molecule has 0 bridgehead atoms. The first-order valence-electron chi connectivity index (χ1n) is 8.36. The van der Waals surface area contributed by atoms with Crippen LogP contribution in [0.5, 0.6) is 5.75 Å². The van der Waals surface area contributed by atoms with E-state index < -0.39 is 41.9 Å². The minimum absolute atomic E-state index is 0.138. The van der Waals surface area contributed by atoms with Gasteiger partial charge in [0.05, 0.1) is 4.90 Å². The zero-order valence-corrected chi connectivity index (χ0v) is 17.8. The lowest BCUT2D eigenvalue weighted by atomic mass is 10.3. The maximum absolute atomic E-state index is 12.8.